The SMILES string of the molecule is Nc1c(/N=N/c2ccc(NS(=O)(=O)c3ccc(/N=N/c4c(S(=O)(=O)O)cc5cc(S(=O)(=O)O)c(/N=N/c6ccc([N+](=O)[O-])cc6)c(N)c5c4O)cc3)cc2)cc(/N=N/c2ccc(S(=O)(=O)CCOS(=O)(=O)O)cc2)c(N)c1/N=N/c1ccc(S(=O)(=O)CCOS(=O)(=O)O)cc1. The average molecular weight is 1450 g/mol. The molecule has 0 aliphatic rings. The van der Waals surface area contributed by atoms with Gasteiger partial charge in [0.25, 0.3) is 35.9 Å². The lowest BCUT2D eigenvalue weighted by Crippen LogP contribution is -2.15. The molecule has 0 aliphatic heterocycles. The Hall–Kier alpha value is -10.2. The van der Waals surface area contributed by atoms with E-state index in [1.807, 2.05) is 0 Å². The minimum atomic E-state index is -5.33. The van der Waals surface area contributed by atoms with Crippen LogP contribution in [0.1, 0.15) is 0 Å². The minimum Gasteiger partial charge on any atom is -0.505 e. The molecule has 95 heavy (non-hydrogen) atoms. The molecule has 0 heterocycles. The fourth-order valence-corrected chi connectivity index (χ4v) is 13.3. The molecule has 0 aromatic heterocycles. The van der Waals surface area contributed by atoms with Crippen LogP contribution in [0.2, 0.25) is 0 Å². The third-order valence-electron chi connectivity index (χ3n) is 12.4. The number of hydrogen-bond acceptors (Lipinski definition) is 32. The predicted octanol–water partition coefficient (Wildman–Crippen LogP) is 9.76. The summed E-state index contributed by atoms with van der Waals surface area (Å²) < 4.78 is 220. The van der Waals surface area contributed by atoms with Gasteiger partial charge in [0, 0.05) is 17.8 Å². The summed E-state index contributed by atoms with van der Waals surface area (Å²) in [6.45, 7) is -1.77. The standard InChI is InChI=1S/C50H43N15O23S7/c51-44-39(27-40(60-55-31-7-15-36(16-8-31)89(69,70)23-21-87-94(81,82)83)45(52)49(44)63-58-32-9-17-37(18-10-32)90(71,72)24-22-88-95(84,85)86)59-54-29-1-3-34(4-2-29)64-91(73,74)38-19-11-33(12-20-38)57-62-48-42(93(78,79)80)26-28-25-41(92(75,76)77)47(46(53)43(28)50(48)66)61-56-30-5-13-35(14-6-30)65(67)68/h1-20,25-27,64,66H,21-24,51-53H2,(H,75,76,77)(H,78,79,80)(H,81,82,83)(H,84,85,86)/b59-54+,60-55+,61-56+,62-57+,63-58+. The molecule has 0 saturated heterocycles. The number of hydrogen-bond donors (Lipinski definition) is 9. The van der Waals surface area contributed by atoms with Crippen molar-refractivity contribution in [1.82, 2.24) is 0 Å². The number of nitrogen functional groups attached to an aromatic ring is 3. The molecule has 0 spiro atoms. The number of fused-ring (bicyclic) bond motifs is 1. The lowest BCUT2D eigenvalue weighted by molar-refractivity contribution is -0.384. The zero-order valence-electron chi connectivity index (χ0n) is 47.2. The van der Waals surface area contributed by atoms with Gasteiger partial charge in [0.1, 0.15) is 38.2 Å². The number of rotatable bonds is 26. The monoisotopic (exact) mass is 1450 g/mol. The van der Waals surface area contributed by atoms with Gasteiger partial charge >= 0.3 is 20.8 Å². The van der Waals surface area contributed by atoms with Crippen LogP contribution in [0.4, 0.5) is 85.3 Å². The number of sulfonamides is 1. The number of non-ortho nitro benzene ring substituents is 1. The van der Waals surface area contributed by atoms with E-state index in [-0.39, 0.29) is 82.9 Å². The molecule has 8 aromatic rings. The van der Waals surface area contributed by atoms with Crippen LogP contribution in [0.15, 0.2) is 215 Å². The normalized spacial score (nSPS) is 13.1. The summed E-state index contributed by atoms with van der Waals surface area (Å²) in [7, 11) is -33.1. The quantitative estimate of drug-likeness (QED) is 0.00800. The Labute approximate surface area is 536 Å². The maximum atomic E-state index is 13.6. The molecule has 0 bridgehead atoms. The molecule has 8 rings (SSSR count). The van der Waals surface area contributed by atoms with E-state index in [4.69, 9.17) is 26.3 Å². The first-order valence-electron chi connectivity index (χ1n) is 25.5. The highest BCUT2D eigenvalue weighted by Gasteiger charge is 2.29. The Bertz CT molecular complexity index is 5370. The number of nitrogens with one attached hydrogen (secondary N) is 1. The zero-order valence-corrected chi connectivity index (χ0v) is 52.9. The maximum Gasteiger partial charge on any atom is 0.397 e. The predicted molar refractivity (Wildman–Crippen MR) is 335 cm³/mol. The zero-order chi connectivity index (χ0) is 69.6. The Kier molecular flexibility index (Phi) is 20.7. The number of nitrogens with two attached hydrogens (primary N) is 3. The minimum absolute atomic E-state index is 0.0119. The van der Waals surface area contributed by atoms with Gasteiger partial charge in [-0.1, -0.05) is 0 Å². The summed E-state index contributed by atoms with van der Waals surface area (Å²) in [5.41, 5.74) is 15.2. The first-order chi connectivity index (χ1) is 44.3. The second-order valence-corrected chi connectivity index (χ2v) is 29.8. The van der Waals surface area contributed by atoms with E-state index in [1.54, 1.807) is 0 Å². The Morgan fingerprint density at radius 3 is 1.17 bits per heavy atom. The molecule has 45 heteroatoms. The largest absolute Gasteiger partial charge is 0.505 e. The van der Waals surface area contributed by atoms with Crippen molar-refractivity contribution >= 4 is 167 Å². The van der Waals surface area contributed by atoms with E-state index in [9.17, 15) is 83.3 Å². The smallest absolute Gasteiger partial charge is 0.397 e. The Balaban J connectivity index is 1.03. The summed E-state index contributed by atoms with van der Waals surface area (Å²) in [5, 5.41) is 61.5. The molecule has 0 aliphatic carbocycles. The third kappa shape index (κ3) is 18.2. The van der Waals surface area contributed by atoms with Crippen LogP contribution in [0.25, 0.3) is 10.8 Å². The molecule has 8 aromatic carbocycles. The lowest BCUT2D eigenvalue weighted by Gasteiger charge is -2.14. The first kappa shape index (κ1) is 70.7. The molecule has 498 valence electrons. The summed E-state index contributed by atoms with van der Waals surface area (Å²) >= 11 is 0. The number of nitro benzene ring substituents is 1. The molecule has 0 radical (unpaired) electrons. The van der Waals surface area contributed by atoms with Crippen LogP contribution in [-0.4, -0.2) is 112 Å². The highest BCUT2D eigenvalue weighted by molar-refractivity contribution is 7.93. The van der Waals surface area contributed by atoms with Crippen LogP contribution < -0.4 is 21.9 Å². The fourth-order valence-electron chi connectivity index (χ4n) is 7.91. The first-order valence-corrected chi connectivity index (χ1v) is 35.9. The maximum absolute atomic E-state index is 13.6. The molecule has 0 atom stereocenters. The van der Waals surface area contributed by atoms with E-state index in [0.29, 0.717) is 12.1 Å². The molecule has 38 nitrogen and oxygen atoms in total. The van der Waals surface area contributed by atoms with Crippen molar-refractivity contribution in [1.29, 1.82) is 0 Å². The van der Waals surface area contributed by atoms with Gasteiger partial charge in [0.15, 0.2) is 25.4 Å². The molecule has 0 fully saturated rings. The average Bonchev–Trinajstić information content (AvgIpc) is 0.741. The van der Waals surface area contributed by atoms with Gasteiger partial charge < -0.3 is 22.3 Å². The summed E-state index contributed by atoms with van der Waals surface area (Å²) in [5.74, 6) is -2.76. The second kappa shape index (κ2) is 27.8. The van der Waals surface area contributed by atoms with Gasteiger partial charge in [-0.05, 0) is 133 Å². The van der Waals surface area contributed by atoms with E-state index in [1.165, 1.54) is 54.6 Å². The van der Waals surface area contributed by atoms with Crippen LogP contribution in [0.5, 0.6) is 5.75 Å². The van der Waals surface area contributed by atoms with Gasteiger partial charge in [-0.3, -0.25) is 33.0 Å². The van der Waals surface area contributed by atoms with Crippen molar-refractivity contribution < 1.29 is 95.5 Å². The van der Waals surface area contributed by atoms with Gasteiger partial charge in [-0.15, -0.1) is 25.6 Å². The van der Waals surface area contributed by atoms with E-state index < -0.39 is 144 Å². The van der Waals surface area contributed by atoms with Crippen molar-refractivity contribution in [2.75, 3.05) is 46.6 Å². The highest BCUT2D eigenvalue weighted by atomic mass is 32.3. The molecule has 12 N–H and O–H groups in total. The van der Waals surface area contributed by atoms with Crippen LogP contribution in [-0.2, 0) is 79.1 Å². The van der Waals surface area contributed by atoms with Gasteiger partial charge in [-0.2, -0.15) is 59.2 Å². The number of phenols is 1. The summed E-state index contributed by atoms with van der Waals surface area (Å²) in [6.07, 6.45) is 0. The second-order valence-electron chi connectivity index (χ2n) is 18.9. The molecule has 0 unspecified atom stereocenters. The van der Waals surface area contributed by atoms with Crippen LogP contribution >= 0.6 is 0 Å². The van der Waals surface area contributed by atoms with Crippen LogP contribution in [0.3, 0.4) is 0 Å². The highest BCUT2D eigenvalue weighted by Crippen LogP contribution is 2.49. The number of anilines is 4. The fraction of sp³-hybridized carbons (Fsp3) is 0.0800. The van der Waals surface area contributed by atoms with Crippen molar-refractivity contribution in [2.24, 2.45) is 51.1 Å². The number of sulfone groups is 2. The van der Waals surface area contributed by atoms with E-state index in [0.717, 1.165) is 72.8 Å². The van der Waals surface area contributed by atoms with E-state index in [2.05, 4.69) is 64.2 Å². The molecule has 0 saturated carbocycles. The van der Waals surface area contributed by atoms with Crippen molar-refractivity contribution in [2.45, 2.75) is 24.5 Å². The van der Waals surface area contributed by atoms with Gasteiger partial charge in [-0.25, -0.2) is 33.6 Å². The van der Waals surface area contributed by atoms with Crippen molar-refractivity contribution in [3.05, 3.63) is 150 Å². The number of phenolic OH excluding ortho intramolecular Hbond substituents is 1. The molecule has 0 amide bonds. The summed E-state index contributed by atoms with van der Waals surface area (Å²) in [6, 6.07) is 25.8. The van der Waals surface area contributed by atoms with Gasteiger partial charge in [0.2, 0.25) is 0 Å². The topological polar surface area (TPSA) is 615 Å². The number of aromatic hydroxyl groups is 1. The lowest BCUT2D eigenvalue weighted by atomic mass is 10.1. The Morgan fingerprint density at radius 2 is 0.779 bits per heavy atom. The number of benzene rings is 8. The number of nitrogens with zero attached hydrogens (tertiary/aromatic N) is 11. The van der Waals surface area contributed by atoms with Crippen molar-refractivity contribution in [3.63, 3.8) is 0 Å². The number of azo groups is 5. The summed E-state index contributed by atoms with van der Waals surface area (Å²) in [4.78, 5) is 7.28. The third-order valence-corrected chi connectivity index (χ3v) is 19.9. The molecular weight excluding hydrogens is 1400 g/mol. The van der Waals surface area contributed by atoms with Crippen LogP contribution in [0, 0.1) is 10.1 Å². The molecular formula is C50H43N15O23S7. The Morgan fingerprint density at radius 1 is 0.432 bits per heavy atom. The van der Waals surface area contributed by atoms with Crippen molar-refractivity contribution in [3.8, 4) is 5.75 Å². The number of nitro groups is 1. The van der Waals surface area contributed by atoms with E-state index >= 15 is 0 Å². The van der Waals surface area contributed by atoms with Gasteiger partial charge in [0.05, 0.1) is 95.2 Å².